The molecule has 3 aromatic rings. The van der Waals surface area contributed by atoms with Crippen molar-refractivity contribution in [1.29, 1.82) is 0 Å². The van der Waals surface area contributed by atoms with Gasteiger partial charge in [0.05, 0.1) is 6.04 Å². The van der Waals surface area contributed by atoms with E-state index in [1.807, 2.05) is 17.8 Å². The molecule has 1 aliphatic heterocycles. The van der Waals surface area contributed by atoms with Crippen molar-refractivity contribution in [3.63, 3.8) is 0 Å². The minimum Gasteiger partial charge on any atom is -0.441 e. The minimum atomic E-state index is -0.231. The number of hydrogen-bond donors (Lipinski definition) is 1. The van der Waals surface area contributed by atoms with E-state index in [9.17, 15) is 4.79 Å². The molecule has 7 nitrogen and oxygen atoms in total. The zero-order valence-corrected chi connectivity index (χ0v) is 13.5. The number of oxazole rings is 1. The Labute approximate surface area is 138 Å². The first kappa shape index (κ1) is 14.9. The van der Waals surface area contributed by atoms with Gasteiger partial charge in [0, 0.05) is 38.5 Å². The number of hydrogen-bond acceptors (Lipinski definition) is 5. The third-order valence-electron chi connectivity index (χ3n) is 4.28. The number of amides is 1. The smallest absolute Gasteiger partial charge is 0.251 e. The molecule has 3 heterocycles. The highest BCUT2D eigenvalue weighted by atomic mass is 16.5. The van der Waals surface area contributed by atoms with Crippen molar-refractivity contribution in [2.24, 2.45) is 7.05 Å². The van der Waals surface area contributed by atoms with Crippen LogP contribution in [0.25, 0.3) is 11.1 Å². The quantitative estimate of drug-likeness (QED) is 0.797. The Morgan fingerprint density at radius 2 is 2.29 bits per heavy atom. The Morgan fingerprint density at radius 3 is 3.08 bits per heavy atom. The third-order valence-corrected chi connectivity index (χ3v) is 4.28. The number of nitrogens with one attached hydrogen (secondary N) is 1. The van der Waals surface area contributed by atoms with Crippen molar-refractivity contribution in [1.82, 2.24) is 19.9 Å². The van der Waals surface area contributed by atoms with Gasteiger partial charge in [-0.2, -0.15) is 0 Å². The normalized spacial score (nSPS) is 20.6. The van der Waals surface area contributed by atoms with Crippen LogP contribution >= 0.6 is 0 Å². The average molecular weight is 326 g/mol. The molecule has 1 fully saturated rings. The Morgan fingerprint density at radius 1 is 1.42 bits per heavy atom. The van der Waals surface area contributed by atoms with E-state index >= 15 is 0 Å². The summed E-state index contributed by atoms with van der Waals surface area (Å²) in [6.07, 6.45) is 4.13. The number of imidazole rings is 1. The second kappa shape index (κ2) is 5.76. The van der Waals surface area contributed by atoms with E-state index in [2.05, 4.69) is 15.3 Å². The van der Waals surface area contributed by atoms with E-state index in [-0.39, 0.29) is 18.1 Å². The third kappa shape index (κ3) is 2.56. The molecule has 0 unspecified atom stereocenters. The number of aryl methyl sites for hydroxylation is 2. The monoisotopic (exact) mass is 326 g/mol. The van der Waals surface area contributed by atoms with Crippen LogP contribution in [0.15, 0.2) is 35.0 Å². The highest BCUT2D eigenvalue weighted by Crippen LogP contribution is 2.28. The average Bonchev–Trinajstić information content (AvgIpc) is 3.25. The number of aromatic nitrogens is 3. The molecular formula is C17H18N4O3. The Hall–Kier alpha value is -2.67. The number of carbonyl (C=O) groups is 1. The Balaban J connectivity index is 1.54. The largest absolute Gasteiger partial charge is 0.441 e. The highest BCUT2D eigenvalue weighted by Gasteiger charge is 2.33. The SMILES string of the molecule is Cc1nc2ccc(C(=O)N[C@H]3CCO[C@@H]3c3nccn3C)cc2o1. The summed E-state index contributed by atoms with van der Waals surface area (Å²) in [5, 5.41) is 3.05. The lowest BCUT2D eigenvalue weighted by molar-refractivity contribution is 0.0779. The summed E-state index contributed by atoms with van der Waals surface area (Å²) in [5.41, 5.74) is 1.91. The first-order valence-electron chi connectivity index (χ1n) is 7.89. The van der Waals surface area contributed by atoms with Gasteiger partial charge in [-0.1, -0.05) is 0 Å². The summed E-state index contributed by atoms with van der Waals surface area (Å²) in [5.74, 6) is 1.25. The van der Waals surface area contributed by atoms with Crippen molar-refractivity contribution in [3.05, 3.63) is 47.9 Å². The maximum absolute atomic E-state index is 12.6. The predicted octanol–water partition coefficient (Wildman–Crippen LogP) is 2.13. The van der Waals surface area contributed by atoms with Gasteiger partial charge in [-0.3, -0.25) is 4.79 Å². The van der Waals surface area contributed by atoms with Crippen LogP contribution in [-0.4, -0.2) is 33.1 Å². The second-order valence-corrected chi connectivity index (χ2v) is 5.97. The fraction of sp³-hybridized carbons (Fsp3) is 0.353. The van der Waals surface area contributed by atoms with Gasteiger partial charge in [-0.25, -0.2) is 9.97 Å². The molecule has 7 heteroatoms. The molecule has 2 atom stereocenters. The van der Waals surface area contributed by atoms with Gasteiger partial charge >= 0.3 is 0 Å². The van der Waals surface area contributed by atoms with E-state index < -0.39 is 0 Å². The lowest BCUT2D eigenvalue weighted by atomic mass is 10.1. The predicted molar refractivity (Wildman–Crippen MR) is 86.5 cm³/mol. The standard InChI is InChI=1S/C17H18N4O3/c1-10-19-12-4-3-11(9-14(12)24-10)17(22)20-13-5-8-23-15(13)16-18-6-7-21(16)2/h3-4,6-7,9,13,15H,5,8H2,1-2H3,(H,20,22)/t13-,15-/m0/s1. The van der Waals surface area contributed by atoms with Crippen LogP contribution in [-0.2, 0) is 11.8 Å². The number of carbonyl (C=O) groups excluding carboxylic acids is 1. The van der Waals surface area contributed by atoms with Crippen LogP contribution in [0.2, 0.25) is 0 Å². The minimum absolute atomic E-state index is 0.106. The fourth-order valence-electron chi connectivity index (χ4n) is 3.08. The van der Waals surface area contributed by atoms with E-state index in [0.29, 0.717) is 23.6 Å². The van der Waals surface area contributed by atoms with E-state index in [4.69, 9.17) is 9.15 Å². The van der Waals surface area contributed by atoms with Crippen LogP contribution in [0.5, 0.6) is 0 Å². The zero-order chi connectivity index (χ0) is 16.7. The highest BCUT2D eigenvalue weighted by molar-refractivity contribution is 5.97. The molecule has 1 aromatic carbocycles. The first-order chi connectivity index (χ1) is 11.6. The van der Waals surface area contributed by atoms with E-state index in [1.54, 1.807) is 31.3 Å². The lowest BCUT2D eigenvalue weighted by Gasteiger charge is -2.19. The van der Waals surface area contributed by atoms with Crippen LogP contribution in [0, 0.1) is 6.92 Å². The maximum atomic E-state index is 12.6. The van der Waals surface area contributed by atoms with Crippen LogP contribution in [0.4, 0.5) is 0 Å². The molecule has 4 rings (SSSR count). The summed E-state index contributed by atoms with van der Waals surface area (Å²) in [7, 11) is 1.92. The van der Waals surface area contributed by atoms with Crippen molar-refractivity contribution >= 4 is 17.0 Å². The van der Waals surface area contributed by atoms with Crippen LogP contribution in [0.3, 0.4) is 0 Å². The van der Waals surface area contributed by atoms with Gasteiger partial charge in [-0.15, -0.1) is 0 Å². The molecule has 124 valence electrons. The van der Waals surface area contributed by atoms with Crippen molar-refractivity contribution in [2.45, 2.75) is 25.5 Å². The zero-order valence-electron chi connectivity index (χ0n) is 13.5. The molecule has 1 N–H and O–H groups in total. The number of benzene rings is 1. The number of ether oxygens (including phenoxy) is 1. The van der Waals surface area contributed by atoms with Gasteiger partial charge in [0.15, 0.2) is 11.5 Å². The number of nitrogens with zero attached hydrogens (tertiary/aromatic N) is 3. The summed E-state index contributed by atoms with van der Waals surface area (Å²) in [4.78, 5) is 21.2. The first-order valence-corrected chi connectivity index (χ1v) is 7.89. The molecule has 0 spiro atoms. The summed E-state index contributed by atoms with van der Waals surface area (Å²) < 4.78 is 13.2. The van der Waals surface area contributed by atoms with Gasteiger partial charge in [0.25, 0.3) is 5.91 Å². The van der Waals surface area contributed by atoms with E-state index in [0.717, 1.165) is 17.8 Å². The van der Waals surface area contributed by atoms with Crippen LogP contribution < -0.4 is 5.32 Å². The van der Waals surface area contributed by atoms with Gasteiger partial charge in [0.1, 0.15) is 17.4 Å². The molecule has 0 radical (unpaired) electrons. The Kier molecular flexibility index (Phi) is 3.57. The topological polar surface area (TPSA) is 82.2 Å². The molecule has 0 saturated carbocycles. The molecular weight excluding hydrogens is 308 g/mol. The summed E-state index contributed by atoms with van der Waals surface area (Å²) in [6.45, 7) is 2.38. The van der Waals surface area contributed by atoms with Crippen molar-refractivity contribution in [2.75, 3.05) is 6.61 Å². The molecule has 24 heavy (non-hydrogen) atoms. The van der Waals surface area contributed by atoms with Gasteiger partial charge < -0.3 is 19.0 Å². The number of rotatable bonds is 3. The van der Waals surface area contributed by atoms with Crippen molar-refractivity contribution < 1.29 is 13.9 Å². The number of fused-ring (bicyclic) bond motifs is 1. The van der Waals surface area contributed by atoms with E-state index in [1.165, 1.54) is 0 Å². The molecule has 1 aliphatic rings. The summed E-state index contributed by atoms with van der Waals surface area (Å²) in [6, 6.07) is 5.16. The van der Waals surface area contributed by atoms with Gasteiger partial charge in [0.2, 0.25) is 0 Å². The van der Waals surface area contributed by atoms with Crippen LogP contribution in [0.1, 0.15) is 34.6 Å². The second-order valence-electron chi connectivity index (χ2n) is 5.97. The van der Waals surface area contributed by atoms with Gasteiger partial charge in [-0.05, 0) is 24.6 Å². The maximum Gasteiger partial charge on any atom is 0.251 e. The molecule has 0 aliphatic carbocycles. The Bertz CT molecular complexity index is 898. The molecule has 2 aromatic heterocycles. The molecule has 1 amide bonds. The lowest BCUT2D eigenvalue weighted by Crippen LogP contribution is -2.37. The molecule has 1 saturated heterocycles. The van der Waals surface area contributed by atoms with Crippen molar-refractivity contribution in [3.8, 4) is 0 Å². The summed E-state index contributed by atoms with van der Waals surface area (Å²) >= 11 is 0. The molecule has 0 bridgehead atoms. The fourth-order valence-corrected chi connectivity index (χ4v) is 3.08.